The fourth-order valence-electron chi connectivity index (χ4n) is 22.1. The largest absolute Gasteiger partial charge is 1.00 e. The normalized spacial score (nSPS) is 11.7. The zero-order valence-electron chi connectivity index (χ0n) is 93.5. The highest BCUT2D eigenvalue weighted by atomic mass is 79.9. The Morgan fingerprint density at radius 2 is 0.466 bits per heavy atom. The van der Waals surface area contributed by atoms with Crippen LogP contribution in [-0.2, 0) is 32.7 Å². The van der Waals surface area contributed by atoms with E-state index in [0.717, 1.165) is 63.7 Å². The molecule has 0 radical (unpaired) electrons. The number of rotatable bonds is 29. The van der Waals surface area contributed by atoms with Gasteiger partial charge in [-0.15, -0.1) is 0 Å². The maximum absolute atomic E-state index is 4.03. The molecular weight excluding hydrogens is 1910 g/mol. The highest BCUT2D eigenvalue weighted by Crippen LogP contribution is 2.44. The van der Waals surface area contributed by atoms with Crippen molar-refractivity contribution < 1.29 is 57.6 Å². The van der Waals surface area contributed by atoms with Gasteiger partial charge < -0.3 is 81.1 Å². The van der Waals surface area contributed by atoms with Crippen LogP contribution in [0.3, 0.4) is 0 Å². The van der Waals surface area contributed by atoms with Crippen LogP contribution in [0.5, 0.6) is 0 Å². The molecule has 764 valence electrons. The van der Waals surface area contributed by atoms with Crippen molar-refractivity contribution in [3.63, 3.8) is 0 Å². The summed E-state index contributed by atoms with van der Waals surface area (Å²) in [5.41, 5.74) is 50.9. The maximum Gasteiger partial charge on any atom is 0.105 e. The Morgan fingerprint density at radius 3 is 0.760 bits per heavy atom. The van der Waals surface area contributed by atoms with Crippen molar-refractivity contribution in [2.75, 3.05) is 88.8 Å². The first-order valence-electron chi connectivity index (χ1n) is 53.7. The molecule has 15 aromatic carbocycles. The van der Waals surface area contributed by atoms with Crippen molar-refractivity contribution in [3.05, 3.63) is 408 Å². The molecule has 0 fully saturated rings. The molecule has 0 bridgehead atoms. The Morgan fingerprint density at radius 1 is 0.219 bits per heavy atom. The van der Waals surface area contributed by atoms with Gasteiger partial charge >= 0.3 is 0 Å². The molecular formula is C134H167Br2N10+3. The third-order valence-electron chi connectivity index (χ3n) is 32.2. The van der Waals surface area contributed by atoms with Crippen LogP contribution in [0, 0.1) is 111 Å². The summed E-state index contributed by atoms with van der Waals surface area (Å²) in [6.07, 6.45) is 0. The molecule has 0 aliphatic rings. The predicted octanol–water partition coefficient (Wildman–Crippen LogP) is 27.5. The second-order valence-electron chi connectivity index (χ2n) is 42.2. The fraction of sp³-hybridized carbons (Fsp3) is 0.328. The third-order valence-corrected chi connectivity index (χ3v) is 32.2. The molecule has 146 heavy (non-hydrogen) atoms. The molecule has 10 nitrogen and oxygen atoms in total. The Labute approximate surface area is 897 Å². The lowest BCUT2D eigenvalue weighted by Crippen LogP contribution is -3.00. The van der Waals surface area contributed by atoms with Gasteiger partial charge in [0.25, 0.3) is 0 Å². The van der Waals surface area contributed by atoms with Crippen LogP contribution in [0.1, 0.15) is 193 Å². The summed E-state index contributed by atoms with van der Waals surface area (Å²) in [6.45, 7) is 78.7. The number of nitrogens with zero attached hydrogens (tertiary/aromatic N) is 9. The number of quaternary nitrogens is 5. The summed E-state index contributed by atoms with van der Waals surface area (Å²) in [7, 11) is 2.36. The molecule has 3 N–H and O–H groups in total. The highest BCUT2D eigenvalue weighted by Gasteiger charge is 2.30. The average Bonchev–Trinajstić information content (AvgIpc) is 1.59. The minimum absolute atomic E-state index is 0. The van der Waals surface area contributed by atoms with Gasteiger partial charge in [0.15, 0.2) is 0 Å². The van der Waals surface area contributed by atoms with Gasteiger partial charge in [0, 0.05) is 99.9 Å². The smallest absolute Gasteiger partial charge is 0.105 e. The van der Waals surface area contributed by atoms with Gasteiger partial charge in [-0.1, -0.05) is 165 Å². The molecule has 0 saturated carbocycles. The monoisotopic (exact) mass is 2070 g/mol. The zero-order chi connectivity index (χ0) is 103. The molecule has 0 saturated heterocycles. The number of aryl methyl sites for hydroxylation is 16. The van der Waals surface area contributed by atoms with Gasteiger partial charge in [0.2, 0.25) is 0 Å². The Hall–Kier alpha value is -11.9. The Balaban J connectivity index is 0.000000162. The summed E-state index contributed by atoms with van der Waals surface area (Å²) in [4.78, 5) is 4.78. The van der Waals surface area contributed by atoms with Crippen LogP contribution >= 0.6 is 0 Å². The number of benzene rings is 15. The molecule has 0 unspecified atom stereocenters. The van der Waals surface area contributed by atoms with Crippen molar-refractivity contribution in [1.29, 1.82) is 0 Å². The van der Waals surface area contributed by atoms with E-state index in [1.54, 1.807) is 0 Å². The molecule has 3 aromatic heterocycles. The van der Waals surface area contributed by atoms with Gasteiger partial charge in [0.05, 0.1) is 130 Å². The standard InChI is InChI=1S/C29H37N2.C29H39N2.C28H37N2.C27H33N2.C21H20N2.2BrH/c1-8-31(9-2,10-3)19-24-17-22(6)29(23(7)18-24)30-27-13-11-20(4)15-25(27)26-16-21(5)12-14-28(26)30;1-8-31(9-2,10-3)21-26-19-24(6)29(25(7)20-26)30(27-15-11-22(4)12-16-27)28-17-13-23(5)14-18-28;1-8-30(7,9-2)20-28-23(5)18-27(19-24(28)6)29(25-14-10-21(3)11-15-25)26-16-12-22(4)13-17-26;1-6-29(7-2,8-3)19-22-11-13-23(14-12-22)28-26-15-9-20(4)17-24(26)25-18-21(5)10-16-27(25)28;1-14-3-7-17(8-4-14)23-20-9-5-15(2)11-18(20)19-12-16(13-22)6-10-21(19)23;;/h11-18H,8-10,19H2,1-7H3;11-20H,8-10,21H2,1-7H3;10-19H,8-9,20H2,1-7H3;9-18H,6-8,19H2,1-5H3;3-12H,13,22H2,1-2H3;2*1H/q4*+1;;;/p-1. The van der Waals surface area contributed by atoms with Crippen molar-refractivity contribution in [3.8, 4) is 17.1 Å². The predicted molar refractivity (Wildman–Crippen MR) is 625 cm³/mol. The van der Waals surface area contributed by atoms with E-state index in [-0.39, 0.29) is 34.0 Å². The quantitative estimate of drug-likeness (QED) is 0.0475. The van der Waals surface area contributed by atoms with Gasteiger partial charge in [-0.05, 0) is 402 Å². The van der Waals surface area contributed by atoms with E-state index in [2.05, 4.69) is 514 Å². The second-order valence-corrected chi connectivity index (χ2v) is 42.2. The van der Waals surface area contributed by atoms with Gasteiger partial charge in [0.1, 0.15) is 26.2 Å². The number of fused-ring (bicyclic) bond motifs is 9. The number of anilines is 6. The van der Waals surface area contributed by atoms with Crippen molar-refractivity contribution >= 4 is 99.5 Å². The Bertz CT molecular complexity index is 7160. The lowest BCUT2D eigenvalue weighted by Gasteiger charge is -2.36. The van der Waals surface area contributed by atoms with E-state index < -0.39 is 0 Å². The van der Waals surface area contributed by atoms with Crippen molar-refractivity contribution in [1.82, 2.24) is 13.7 Å². The minimum atomic E-state index is 0. The van der Waals surface area contributed by atoms with Crippen molar-refractivity contribution in [2.45, 2.75) is 220 Å². The maximum atomic E-state index is 4.03. The number of halogens is 2. The number of hydrogen-bond donors (Lipinski definition) is 1. The minimum Gasteiger partial charge on any atom is -1.00 e. The average molecular weight is 2080 g/mol. The van der Waals surface area contributed by atoms with Gasteiger partial charge in [-0.25, -0.2) is 0 Å². The van der Waals surface area contributed by atoms with E-state index in [0.29, 0.717) is 0 Å². The van der Waals surface area contributed by atoms with E-state index in [1.165, 1.54) is 292 Å². The summed E-state index contributed by atoms with van der Waals surface area (Å²) >= 11 is 0. The van der Waals surface area contributed by atoms with Crippen LogP contribution < -0.4 is 49.5 Å². The zero-order valence-corrected chi connectivity index (χ0v) is 96.7. The number of hydrogen-bond acceptors (Lipinski definition) is 2. The molecule has 0 aliphatic carbocycles. The Kier molecular flexibility index (Phi) is 38.1. The van der Waals surface area contributed by atoms with E-state index >= 15 is 0 Å². The summed E-state index contributed by atoms with van der Waals surface area (Å²) in [5.74, 6) is 0. The second kappa shape index (κ2) is 49.3. The molecule has 0 atom stereocenters. The van der Waals surface area contributed by atoms with E-state index in [4.69, 9.17) is 0 Å². The summed E-state index contributed by atoms with van der Waals surface area (Å²) in [6, 6.07) is 108. The van der Waals surface area contributed by atoms with E-state index in [1.807, 2.05) is 0 Å². The van der Waals surface area contributed by atoms with Crippen LogP contribution in [0.25, 0.3) is 82.5 Å². The summed E-state index contributed by atoms with van der Waals surface area (Å²) in [5, 5.41) is 8.00. The van der Waals surface area contributed by atoms with Gasteiger partial charge in [-0.3, -0.25) is 0 Å². The SMILES string of the molecule is CC[N+](C)(CC)Cc1c(C)cc(N(c2ccc(C)cc2)c2ccc(C)cc2)cc1C.CC[N+](CC)(CC)Cc1cc(C)c(-n2c3ccc(C)cc3c3cc(C)ccc32)c(C)c1.CC[N+](CC)(CC)Cc1cc(C)c(N(c2ccc(C)cc2)c2ccc(C)cc2)c(C)c1.CC[N+](CC)(CC)Cc1ccc(-n2c3ccc(C)cc3c3cc(C)ccc32)cc1.Cc1ccc(-n2c3ccc(C)cc3c3cc(C[NH3+])ccc32)cc1.[Br-].[Br-]. The third kappa shape index (κ3) is 25.0. The lowest BCUT2D eigenvalue weighted by molar-refractivity contribution is -0.936. The lowest BCUT2D eigenvalue weighted by atomic mass is 9.99. The molecule has 18 aromatic rings. The van der Waals surface area contributed by atoms with Crippen LogP contribution in [-0.4, -0.2) is 111 Å². The van der Waals surface area contributed by atoms with Crippen LogP contribution in [0.15, 0.2) is 291 Å². The molecule has 3 heterocycles. The first kappa shape index (κ1) is 113. The van der Waals surface area contributed by atoms with Crippen LogP contribution in [0.2, 0.25) is 0 Å². The topological polar surface area (TPSA) is 48.9 Å². The summed E-state index contributed by atoms with van der Waals surface area (Å²) < 4.78 is 11.8. The molecule has 0 amide bonds. The number of aromatic nitrogens is 3. The van der Waals surface area contributed by atoms with Crippen LogP contribution in [0.4, 0.5) is 34.1 Å². The molecule has 18 rings (SSSR count). The van der Waals surface area contributed by atoms with E-state index in [9.17, 15) is 0 Å². The highest BCUT2D eigenvalue weighted by molar-refractivity contribution is 6.12. The first-order chi connectivity index (χ1) is 69.1. The molecule has 0 spiro atoms. The first-order valence-corrected chi connectivity index (χ1v) is 53.7. The van der Waals surface area contributed by atoms with Crippen molar-refractivity contribution in [2.24, 2.45) is 0 Å². The fourth-order valence-corrected chi connectivity index (χ4v) is 22.1. The molecule has 0 aliphatic heterocycles. The molecule has 12 heteroatoms. The van der Waals surface area contributed by atoms with Gasteiger partial charge in [-0.2, -0.15) is 0 Å².